The predicted molar refractivity (Wildman–Crippen MR) is 95.2 cm³/mol. The molecule has 1 saturated heterocycles. The van der Waals surface area contributed by atoms with Gasteiger partial charge in [0.15, 0.2) is 0 Å². The van der Waals surface area contributed by atoms with Crippen LogP contribution in [-0.2, 0) is 10.5 Å². The first-order valence-electron chi connectivity index (χ1n) is 8.17. The zero-order valence-corrected chi connectivity index (χ0v) is 13.8. The molecule has 1 amide bonds. The summed E-state index contributed by atoms with van der Waals surface area (Å²) in [6, 6.07) is 14.9. The molecule has 1 aliphatic heterocycles. The molecule has 2 nitrogen and oxygen atoms in total. The number of likely N-dealkylation sites (tertiary alicyclic amines) is 1. The molecule has 2 aromatic carbocycles. The molecule has 1 aliphatic rings. The maximum atomic E-state index is 12.3. The van der Waals surface area contributed by atoms with Crippen LogP contribution in [0.1, 0.15) is 31.2 Å². The molecule has 3 heteroatoms. The second-order valence-electron chi connectivity index (χ2n) is 5.93. The molecule has 2 aromatic rings. The summed E-state index contributed by atoms with van der Waals surface area (Å²) in [5.41, 5.74) is 1.33. The summed E-state index contributed by atoms with van der Waals surface area (Å²) in [6.45, 7) is 1.90. The van der Waals surface area contributed by atoms with Gasteiger partial charge in [-0.2, -0.15) is 0 Å². The molecule has 3 rings (SSSR count). The summed E-state index contributed by atoms with van der Waals surface area (Å²) in [5, 5.41) is 2.58. The number of fused-ring (bicyclic) bond motifs is 1. The Morgan fingerprint density at radius 2 is 1.68 bits per heavy atom. The average molecular weight is 313 g/mol. The smallest absolute Gasteiger partial charge is 0.232 e. The zero-order valence-electron chi connectivity index (χ0n) is 13.0. The van der Waals surface area contributed by atoms with Crippen LogP contribution in [0, 0.1) is 0 Å². The minimum Gasteiger partial charge on any atom is -0.342 e. The van der Waals surface area contributed by atoms with Gasteiger partial charge in [0, 0.05) is 18.8 Å². The number of amides is 1. The molecular formula is C19H23NOS. The Kier molecular flexibility index (Phi) is 5.38. The lowest BCUT2D eigenvalue weighted by molar-refractivity contribution is -0.128. The highest BCUT2D eigenvalue weighted by Crippen LogP contribution is 2.23. The monoisotopic (exact) mass is 313 g/mol. The van der Waals surface area contributed by atoms with Crippen molar-refractivity contribution >= 4 is 28.4 Å². The third-order valence-electron chi connectivity index (χ3n) is 4.32. The molecule has 0 unspecified atom stereocenters. The number of benzene rings is 2. The van der Waals surface area contributed by atoms with Crippen LogP contribution in [0.3, 0.4) is 0 Å². The number of hydrogen-bond acceptors (Lipinski definition) is 2. The quantitative estimate of drug-likeness (QED) is 0.829. The van der Waals surface area contributed by atoms with E-state index in [0.717, 1.165) is 18.8 Å². The summed E-state index contributed by atoms with van der Waals surface area (Å²) in [7, 11) is 0. The summed E-state index contributed by atoms with van der Waals surface area (Å²) in [5.74, 6) is 1.82. The molecule has 116 valence electrons. The number of carbonyl (C=O) groups excluding carboxylic acids is 1. The third kappa shape index (κ3) is 3.83. The third-order valence-corrected chi connectivity index (χ3v) is 5.29. The van der Waals surface area contributed by atoms with E-state index in [1.807, 2.05) is 0 Å². The fourth-order valence-corrected chi connectivity index (χ4v) is 4.01. The Morgan fingerprint density at radius 3 is 2.50 bits per heavy atom. The Hall–Kier alpha value is -1.48. The molecule has 0 aromatic heterocycles. The van der Waals surface area contributed by atoms with Gasteiger partial charge in [-0.3, -0.25) is 4.79 Å². The van der Waals surface area contributed by atoms with Crippen molar-refractivity contribution < 1.29 is 4.79 Å². The lowest BCUT2D eigenvalue weighted by atomic mass is 10.1. The summed E-state index contributed by atoms with van der Waals surface area (Å²) in [6.07, 6.45) is 4.87. The van der Waals surface area contributed by atoms with Gasteiger partial charge in [-0.15, -0.1) is 11.8 Å². The van der Waals surface area contributed by atoms with Gasteiger partial charge in [-0.25, -0.2) is 0 Å². The van der Waals surface area contributed by atoms with Gasteiger partial charge in [-0.05, 0) is 29.2 Å². The van der Waals surface area contributed by atoms with Crippen molar-refractivity contribution in [1.29, 1.82) is 0 Å². The van der Waals surface area contributed by atoms with Crippen molar-refractivity contribution in [2.24, 2.45) is 0 Å². The van der Waals surface area contributed by atoms with E-state index < -0.39 is 0 Å². The first-order chi connectivity index (χ1) is 10.8. The van der Waals surface area contributed by atoms with E-state index in [-0.39, 0.29) is 0 Å². The largest absolute Gasteiger partial charge is 0.342 e. The first-order valence-corrected chi connectivity index (χ1v) is 9.32. The topological polar surface area (TPSA) is 20.3 Å². The number of rotatable bonds is 4. The Balaban J connectivity index is 1.56. The van der Waals surface area contributed by atoms with Crippen LogP contribution in [0.25, 0.3) is 10.8 Å². The Morgan fingerprint density at radius 1 is 0.955 bits per heavy atom. The van der Waals surface area contributed by atoms with Crippen LogP contribution in [0.2, 0.25) is 0 Å². The van der Waals surface area contributed by atoms with Crippen LogP contribution >= 0.6 is 11.8 Å². The van der Waals surface area contributed by atoms with Gasteiger partial charge >= 0.3 is 0 Å². The van der Waals surface area contributed by atoms with E-state index in [1.54, 1.807) is 11.8 Å². The zero-order chi connectivity index (χ0) is 15.2. The molecule has 22 heavy (non-hydrogen) atoms. The number of carbonyl (C=O) groups is 1. The van der Waals surface area contributed by atoms with Crippen LogP contribution in [0.5, 0.6) is 0 Å². The second-order valence-corrected chi connectivity index (χ2v) is 6.91. The molecule has 0 saturated carbocycles. The Bertz CT molecular complexity index is 627. The molecule has 1 heterocycles. The summed E-state index contributed by atoms with van der Waals surface area (Å²) >= 11 is 1.74. The molecule has 0 N–H and O–H groups in total. The first kappa shape index (κ1) is 15.4. The van der Waals surface area contributed by atoms with Crippen molar-refractivity contribution in [3.63, 3.8) is 0 Å². The highest BCUT2D eigenvalue weighted by atomic mass is 32.2. The van der Waals surface area contributed by atoms with Crippen LogP contribution in [0.15, 0.2) is 42.5 Å². The fraction of sp³-hybridized carbons (Fsp3) is 0.421. The van der Waals surface area contributed by atoms with Crippen molar-refractivity contribution in [1.82, 2.24) is 4.90 Å². The highest BCUT2D eigenvalue weighted by molar-refractivity contribution is 7.99. The van der Waals surface area contributed by atoms with E-state index >= 15 is 0 Å². The highest BCUT2D eigenvalue weighted by Gasteiger charge is 2.15. The lowest BCUT2D eigenvalue weighted by Gasteiger charge is -2.20. The van der Waals surface area contributed by atoms with Crippen molar-refractivity contribution in [3.8, 4) is 0 Å². The van der Waals surface area contributed by atoms with E-state index in [0.29, 0.717) is 11.7 Å². The minimum absolute atomic E-state index is 0.312. The fourth-order valence-electron chi connectivity index (χ4n) is 3.08. The van der Waals surface area contributed by atoms with E-state index in [9.17, 15) is 4.79 Å². The van der Waals surface area contributed by atoms with Gasteiger partial charge in [0.25, 0.3) is 0 Å². The van der Waals surface area contributed by atoms with Gasteiger partial charge in [-0.1, -0.05) is 55.3 Å². The molecule has 0 aliphatic carbocycles. The van der Waals surface area contributed by atoms with Crippen LogP contribution < -0.4 is 0 Å². The second kappa shape index (κ2) is 7.68. The van der Waals surface area contributed by atoms with Gasteiger partial charge in [0.1, 0.15) is 0 Å². The summed E-state index contributed by atoms with van der Waals surface area (Å²) in [4.78, 5) is 14.4. The van der Waals surface area contributed by atoms with Crippen LogP contribution in [-0.4, -0.2) is 29.6 Å². The SMILES string of the molecule is O=C(CSCc1cccc2ccccc12)N1CCCCCC1. The normalized spacial score (nSPS) is 15.7. The number of nitrogens with zero attached hydrogens (tertiary/aromatic N) is 1. The van der Waals surface area contributed by atoms with E-state index in [4.69, 9.17) is 0 Å². The lowest BCUT2D eigenvalue weighted by Crippen LogP contribution is -2.33. The molecule has 0 atom stereocenters. The molecule has 0 spiro atoms. The van der Waals surface area contributed by atoms with Gasteiger partial charge in [0.05, 0.1) is 5.75 Å². The maximum Gasteiger partial charge on any atom is 0.232 e. The Labute approximate surface area is 136 Å². The van der Waals surface area contributed by atoms with E-state index in [1.165, 1.54) is 42.0 Å². The molecule has 0 bridgehead atoms. The van der Waals surface area contributed by atoms with Crippen molar-refractivity contribution in [2.75, 3.05) is 18.8 Å². The van der Waals surface area contributed by atoms with Crippen molar-refractivity contribution in [3.05, 3.63) is 48.0 Å². The molecule has 1 fully saturated rings. The van der Waals surface area contributed by atoms with Gasteiger partial charge < -0.3 is 4.90 Å². The van der Waals surface area contributed by atoms with Crippen molar-refractivity contribution in [2.45, 2.75) is 31.4 Å². The minimum atomic E-state index is 0.312. The number of hydrogen-bond donors (Lipinski definition) is 0. The van der Waals surface area contributed by atoms with Crippen LogP contribution in [0.4, 0.5) is 0 Å². The molecule has 0 radical (unpaired) electrons. The van der Waals surface area contributed by atoms with E-state index in [2.05, 4.69) is 47.4 Å². The summed E-state index contributed by atoms with van der Waals surface area (Å²) < 4.78 is 0. The number of thioether (sulfide) groups is 1. The molecular weight excluding hydrogens is 290 g/mol. The maximum absolute atomic E-state index is 12.3. The predicted octanol–water partition coefficient (Wildman–Crippen LogP) is 4.48. The standard InChI is InChI=1S/C19H23NOS/c21-19(20-12-5-1-2-6-13-20)15-22-14-17-10-7-9-16-8-3-4-11-18(16)17/h3-4,7-11H,1-2,5-6,12-15H2. The average Bonchev–Trinajstić information content (AvgIpc) is 2.84. The van der Waals surface area contributed by atoms with Gasteiger partial charge in [0.2, 0.25) is 5.91 Å².